The van der Waals surface area contributed by atoms with E-state index in [1.54, 1.807) is 0 Å². The number of hydrogen-bond donors (Lipinski definition) is 0. The molecule has 46 heavy (non-hydrogen) atoms. The van der Waals surface area contributed by atoms with Gasteiger partial charge in [0.25, 0.3) is 0 Å². The zero-order chi connectivity index (χ0) is 33.0. The monoisotopic (exact) mass is 635 g/mol. The molecule has 0 spiro atoms. The van der Waals surface area contributed by atoms with Crippen LogP contribution in [0.2, 0.25) is 0 Å². The molecule has 0 amide bonds. The molecule has 0 aromatic carbocycles. The van der Waals surface area contributed by atoms with Gasteiger partial charge in [0.05, 0.1) is 25.4 Å². The molecule has 1 saturated carbocycles. The van der Waals surface area contributed by atoms with E-state index in [1.165, 1.54) is 114 Å². The van der Waals surface area contributed by atoms with Crippen LogP contribution in [-0.4, -0.2) is 19.3 Å². The Morgan fingerprint density at radius 2 is 1.52 bits per heavy atom. The van der Waals surface area contributed by atoms with E-state index >= 15 is 0 Å². The summed E-state index contributed by atoms with van der Waals surface area (Å²) in [6.45, 7) is 16.4. The molecule has 0 radical (unpaired) electrons. The number of aryl methyl sites for hydroxylation is 1. The van der Waals surface area contributed by atoms with Crippen molar-refractivity contribution < 1.29 is 14.0 Å². The molecule has 1 aromatic rings. The van der Waals surface area contributed by atoms with Crippen molar-refractivity contribution in [1.29, 1.82) is 0 Å². The Bertz CT molecular complexity index is 1030. The number of rotatable bonds is 25. The van der Waals surface area contributed by atoms with Gasteiger partial charge in [-0.25, -0.2) is 4.57 Å². The second kappa shape index (κ2) is 22.0. The van der Waals surface area contributed by atoms with E-state index in [0.29, 0.717) is 11.8 Å². The van der Waals surface area contributed by atoms with Gasteiger partial charge in [0.1, 0.15) is 6.54 Å². The second-order valence-electron chi connectivity index (χ2n) is 15.2. The van der Waals surface area contributed by atoms with Crippen LogP contribution in [-0.2, 0) is 16.0 Å². The number of ether oxygens (including phenoxy) is 2. The van der Waals surface area contributed by atoms with Crippen molar-refractivity contribution in [3.8, 4) is 0 Å². The maximum atomic E-state index is 6.86. The van der Waals surface area contributed by atoms with Crippen LogP contribution in [0.25, 0.3) is 0 Å². The number of hydrogen-bond acceptors (Lipinski definition) is 2. The fourth-order valence-electron chi connectivity index (χ4n) is 7.26. The van der Waals surface area contributed by atoms with Gasteiger partial charge in [0.2, 0.25) is 0 Å². The van der Waals surface area contributed by atoms with Crippen LogP contribution in [0.1, 0.15) is 162 Å². The molecule has 5 atom stereocenters. The van der Waals surface area contributed by atoms with Gasteiger partial charge in [0, 0.05) is 23.5 Å². The summed E-state index contributed by atoms with van der Waals surface area (Å²) in [5.41, 5.74) is 2.61. The standard InChI is InChI=1S/C43H72NO2/c1-7-10-11-12-13-14-15-16-17-18-29-44-30-21-26-42(33-44)38(6)46-35-43(31-36(4)8-2,32-40-23-19-24-40)34-45-37(5)41-25-20-22-39(9-3)27-28-41/h20-22,25-28,30,33,36-40H,7-19,23-24,29,31-32,34-35H2,1-6H3/q+1/t36?,37?,38?,39-,43?/m0/s1. The Kier molecular flexibility index (Phi) is 18.5. The molecule has 0 saturated heterocycles. The van der Waals surface area contributed by atoms with Crippen molar-refractivity contribution in [2.24, 2.45) is 23.2 Å². The Morgan fingerprint density at radius 1 is 0.848 bits per heavy atom. The van der Waals surface area contributed by atoms with Crippen molar-refractivity contribution in [2.75, 3.05) is 13.2 Å². The molecule has 1 heterocycles. The van der Waals surface area contributed by atoms with Crippen LogP contribution in [0.4, 0.5) is 0 Å². The summed E-state index contributed by atoms with van der Waals surface area (Å²) in [5, 5.41) is 0. The first-order valence-electron chi connectivity index (χ1n) is 19.7. The van der Waals surface area contributed by atoms with Gasteiger partial charge < -0.3 is 9.47 Å². The largest absolute Gasteiger partial charge is 0.373 e. The van der Waals surface area contributed by atoms with E-state index < -0.39 is 0 Å². The molecule has 0 aliphatic heterocycles. The van der Waals surface area contributed by atoms with Gasteiger partial charge in [0.15, 0.2) is 12.4 Å². The third kappa shape index (κ3) is 14.2. The first-order chi connectivity index (χ1) is 22.4. The third-order valence-electron chi connectivity index (χ3n) is 10.9. The van der Waals surface area contributed by atoms with E-state index in [9.17, 15) is 0 Å². The molecule has 2 aliphatic carbocycles. The predicted molar refractivity (Wildman–Crippen MR) is 197 cm³/mol. The van der Waals surface area contributed by atoms with Crippen LogP contribution in [0.15, 0.2) is 60.5 Å². The predicted octanol–water partition coefficient (Wildman–Crippen LogP) is 12.1. The lowest BCUT2D eigenvalue weighted by atomic mass is 9.68. The second-order valence-corrected chi connectivity index (χ2v) is 15.2. The number of allylic oxidation sites excluding steroid dienone is 4. The highest BCUT2D eigenvalue weighted by molar-refractivity contribution is 5.31. The molecule has 3 rings (SSSR count). The minimum Gasteiger partial charge on any atom is -0.373 e. The first-order valence-corrected chi connectivity index (χ1v) is 19.7. The molecule has 4 unspecified atom stereocenters. The Hall–Kier alpha value is -1.71. The Labute approximate surface area is 285 Å². The number of unbranched alkanes of at least 4 members (excludes halogenated alkanes) is 9. The Balaban J connectivity index is 1.57. The summed E-state index contributed by atoms with van der Waals surface area (Å²) in [4.78, 5) is 0. The molecule has 3 nitrogen and oxygen atoms in total. The quantitative estimate of drug-likeness (QED) is 0.0788. The molecular formula is C43H72NO2+. The number of nitrogens with zero attached hydrogens (tertiary/aromatic N) is 1. The van der Waals surface area contributed by atoms with Gasteiger partial charge >= 0.3 is 0 Å². The zero-order valence-electron chi connectivity index (χ0n) is 31.0. The summed E-state index contributed by atoms with van der Waals surface area (Å²) in [6.07, 6.45) is 38.7. The minimum absolute atomic E-state index is 0.0422. The first kappa shape index (κ1) is 38.7. The molecule has 2 aliphatic rings. The Morgan fingerprint density at radius 3 is 2.15 bits per heavy atom. The van der Waals surface area contributed by atoms with Crippen LogP contribution < -0.4 is 4.57 Å². The lowest BCUT2D eigenvalue weighted by Crippen LogP contribution is -2.39. The van der Waals surface area contributed by atoms with Crippen molar-refractivity contribution in [3.05, 3.63) is 66.0 Å². The maximum absolute atomic E-state index is 6.86. The van der Waals surface area contributed by atoms with E-state index in [0.717, 1.165) is 32.1 Å². The number of pyridine rings is 1. The average Bonchev–Trinajstić information content (AvgIpc) is 3.31. The van der Waals surface area contributed by atoms with Crippen LogP contribution in [0, 0.1) is 23.2 Å². The van der Waals surface area contributed by atoms with Gasteiger partial charge in [-0.2, -0.15) is 0 Å². The van der Waals surface area contributed by atoms with Gasteiger partial charge in [-0.3, -0.25) is 0 Å². The van der Waals surface area contributed by atoms with E-state index in [2.05, 4.69) is 101 Å². The molecular weight excluding hydrogens is 562 g/mol. The summed E-state index contributed by atoms with van der Waals surface area (Å²) in [6, 6.07) is 4.46. The average molecular weight is 635 g/mol. The van der Waals surface area contributed by atoms with Crippen molar-refractivity contribution >= 4 is 0 Å². The lowest BCUT2D eigenvalue weighted by molar-refractivity contribution is -0.698. The highest BCUT2D eigenvalue weighted by atomic mass is 16.5. The van der Waals surface area contributed by atoms with Crippen molar-refractivity contribution in [1.82, 2.24) is 0 Å². The summed E-state index contributed by atoms with van der Waals surface area (Å²) < 4.78 is 16.1. The van der Waals surface area contributed by atoms with Crippen molar-refractivity contribution in [3.63, 3.8) is 0 Å². The zero-order valence-corrected chi connectivity index (χ0v) is 31.0. The summed E-state index contributed by atoms with van der Waals surface area (Å²) in [5.74, 6) is 1.99. The lowest BCUT2D eigenvalue weighted by Gasteiger charge is -2.42. The number of aromatic nitrogens is 1. The molecule has 1 aromatic heterocycles. The highest BCUT2D eigenvalue weighted by Crippen LogP contribution is 2.43. The highest BCUT2D eigenvalue weighted by Gasteiger charge is 2.38. The van der Waals surface area contributed by atoms with Gasteiger partial charge in [-0.1, -0.05) is 135 Å². The fourth-order valence-corrected chi connectivity index (χ4v) is 7.26. The molecule has 0 N–H and O–H groups in total. The molecule has 0 bridgehead atoms. The minimum atomic E-state index is 0.0422. The maximum Gasteiger partial charge on any atom is 0.174 e. The summed E-state index contributed by atoms with van der Waals surface area (Å²) >= 11 is 0. The smallest absolute Gasteiger partial charge is 0.174 e. The van der Waals surface area contributed by atoms with Gasteiger partial charge in [-0.15, -0.1) is 0 Å². The van der Waals surface area contributed by atoms with Crippen LogP contribution >= 0.6 is 0 Å². The van der Waals surface area contributed by atoms with Crippen LogP contribution in [0.5, 0.6) is 0 Å². The van der Waals surface area contributed by atoms with E-state index in [4.69, 9.17) is 9.47 Å². The topological polar surface area (TPSA) is 22.3 Å². The van der Waals surface area contributed by atoms with Crippen molar-refractivity contribution in [2.45, 2.75) is 169 Å². The van der Waals surface area contributed by atoms with E-state index in [-0.39, 0.29) is 17.6 Å². The molecule has 3 heteroatoms. The van der Waals surface area contributed by atoms with E-state index in [1.807, 2.05) is 0 Å². The fraction of sp³-hybridized carbons (Fsp3) is 0.744. The van der Waals surface area contributed by atoms with Gasteiger partial charge in [-0.05, 0) is 68.9 Å². The third-order valence-corrected chi connectivity index (χ3v) is 10.9. The summed E-state index contributed by atoms with van der Waals surface area (Å²) in [7, 11) is 0. The normalized spacial score (nSPS) is 20.0. The molecule has 1 fully saturated rings. The SMILES string of the molecule is CCCCCCCCCCCC[n+]1cccc(C(C)OCC(COC(C)C2=CC=C[C@H](CC)C=C2)(CC(C)CC)CC2CCC2)c1. The molecule has 260 valence electrons. The van der Waals surface area contributed by atoms with Crippen LogP contribution in [0.3, 0.4) is 0 Å².